The van der Waals surface area contributed by atoms with E-state index in [4.69, 9.17) is 9.47 Å². The number of carbonyl (C=O) groups is 2. The van der Waals surface area contributed by atoms with Crippen molar-refractivity contribution in [1.82, 2.24) is 0 Å². The van der Waals surface area contributed by atoms with E-state index in [1.807, 2.05) is 0 Å². The summed E-state index contributed by atoms with van der Waals surface area (Å²) in [4.78, 5) is 22.9. The van der Waals surface area contributed by atoms with Crippen LogP contribution in [0.4, 0.5) is 0 Å². The van der Waals surface area contributed by atoms with Crippen LogP contribution in [0.25, 0.3) is 0 Å². The van der Waals surface area contributed by atoms with Crippen LogP contribution in [0.3, 0.4) is 0 Å². The van der Waals surface area contributed by atoms with Crippen molar-refractivity contribution in [2.24, 2.45) is 11.8 Å². The standard InChI is InChI=1S/2C14H27BrO2/c2*1-3-5-9-13(4-2)12-17-14(16)10-7-6-8-11-15/h2*13H,3-12H2,1-2H3. The molecule has 0 N–H and O–H groups in total. The van der Waals surface area contributed by atoms with Crippen molar-refractivity contribution in [3.8, 4) is 0 Å². The van der Waals surface area contributed by atoms with Crippen molar-refractivity contribution in [2.75, 3.05) is 23.9 Å². The zero-order chi connectivity index (χ0) is 25.9. The predicted octanol–water partition coefficient (Wildman–Crippen LogP) is 9.40. The summed E-state index contributed by atoms with van der Waals surface area (Å²) in [5.74, 6) is 1.08. The van der Waals surface area contributed by atoms with Crippen molar-refractivity contribution in [3.05, 3.63) is 0 Å². The molecule has 0 rings (SSSR count). The maximum absolute atomic E-state index is 11.5. The van der Waals surface area contributed by atoms with Crippen LogP contribution in [0.1, 0.15) is 130 Å². The molecule has 2 atom stereocenters. The summed E-state index contributed by atoms with van der Waals surface area (Å²) in [6.45, 7) is 9.97. The first kappa shape index (κ1) is 36.1. The second-order valence-corrected chi connectivity index (χ2v) is 10.8. The van der Waals surface area contributed by atoms with Crippen LogP contribution in [-0.4, -0.2) is 35.8 Å². The van der Waals surface area contributed by atoms with Gasteiger partial charge in [0.25, 0.3) is 0 Å². The fourth-order valence-electron chi connectivity index (χ4n) is 3.44. The molecule has 0 aromatic carbocycles. The average Bonchev–Trinajstić information content (AvgIpc) is 2.85. The van der Waals surface area contributed by atoms with Gasteiger partial charge in [-0.15, -0.1) is 0 Å². The zero-order valence-corrected chi connectivity index (χ0v) is 25.9. The van der Waals surface area contributed by atoms with E-state index in [0.29, 0.717) is 37.9 Å². The van der Waals surface area contributed by atoms with Crippen molar-refractivity contribution >= 4 is 43.8 Å². The van der Waals surface area contributed by atoms with Gasteiger partial charge in [0.15, 0.2) is 0 Å². The van der Waals surface area contributed by atoms with Crippen LogP contribution in [0.2, 0.25) is 0 Å². The Labute approximate surface area is 228 Å². The van der Waals surface area contributed by atoms with Crippen LogP contribution in [0.15, 0.2) is 0 Å². The molecule has 0 bridgehead atoms. The first-order chi connectivity index (χ1) is 16.5. The largest absolute Gasteiger partial charge is 0.465 e. The first-order valence-electron chi connectivity index (χ1n) is 13.9. The van der Waals surface area contributed by atoms with E-state index in [1.54, 1.807) is 0 Å². The van der Waals surface area contributed by atoms with Gasteiger partial charge in [-0.2, -0.15) is 0 Å². The second kappa shape index (κ2) is 29.1. The van der Waals surface area contributed by atoms with Crippen LogP contribution < -0.4 is 0 Å². The molecule has 0 aromatic heterocycles. The summed E-state index contributed by atoms with van der Waals surface area (Å²) >= 11 is 6.77. The molecule has 0 saturated carbocycles. The third-order valence-electron chi connectivity index (χ3n) is 6.08. The lowest BCUT2D eigenvalue weighted by atomic mass is 10.0. The Morgan fingerprint density at radius 3 is 1.26 bits per heavy atom. The Balaban J connectivity index is 0. The van der Waals surface area contributed by atoms with Gasteiger partial charge in [-0.3, -0.25) is 9.59 Å². The lowest BCUT2D eigenvalue weighted by Crippen LogP contribution is -2.13. The van der Waals surface area contributed by atoms with E-state index in [1.165, 1.54) is 38.5 Å². The molecule has 6 heteroatoms. The quantitative estimate of drug-likeness (QED) is 0.0693. The molecule has 4 nitrogen and oxygen atoms in total. The van der Waals surface area contributed by atoms with Crippen LogP contribution in [-0.2, 0) is 19.1 Å². The van der Waals surface area contributed by atoms with Gasteiger partial charge in [0.2, 0.25) is 0 Å². The molecule has 204 valence electrons. The predicted molar refractivity (Wildman–Crippen MR) is 153 cm³/mol. The molecule has 2 unspecified atom stereocenters. The van der Waals surface area contributed by atoms with Gasteiger partial charge < -0.3 is 9.47 Å². The minimum absolute atomic E-state index is 0.0190. The second-order valence-electron chi connectivity index (χ2n) is 9.20. The van der Waals surface area contributed by atoms with E-state index in [9.17, 15) is 9.59 Å². The van der Waals surface area contributed by atoms with Crippen molar-refractivity contribution < 1.29 is 19.1 Å². The van der Waals surface area contributed by atoms with Gasteiger partial charge in [0.1, 0.15) is 0 Å². The Morgan fingerprint density at radius 1 is 0.588 bits per heavy atom. The first-order valence-corrected chi connectivity index (χ1v) is 16.2. The lowest BCUT2D eigenvalue weighted by molar-refractivity contribution is -0.146. The Morgan fingerprint density at radius 2 is 0.971 bits per heavy atom. The van der Waals surface area contributed by atoms with E-state index in [-0.39, 0.29) is 11.9 Å². The molecular formula is C28H54Br2O4. The van der Waals surface area contributed by atoms with Crippen LogP contribution in [0.5, 0.6) is 0 Å². The van der Waals surface area contributed by atoms with Crippen molar-refractivity contribution in [1.29, 1.82) is 0 Å². The molecule has 0 radical (unpaired) electrons. The SMILES string of the molecule is CCCCC(CC)COC(=O)CCCCCBr.CCCCC(CC)COC(=O)CCCCCBr. The van der Waals surface area contributed by atoms with Gasteiger partial charge in [0.05, 0.1) is 13.2 Å². The lowest BCUT2D eigenvalue weighted by Gasteiger charge is -2.14. The molecule has 0 aliphatic carbocycles. The number of hydrogen-bond donors (Lipinski definition) is 0. The molecule has 0 spiro atoms. The summed E-state index contributed by atoms with van der Waals surface area (Å²) in [7, 11) is 0. The number of ether oxygens (including phenoxy) is 2. The molecule has 0 fully saturated rings. The van der Waals surface area contributed by atoms with Gasteiger partial charge >= 0.3 is 11.9 Å². The highest BCUT2D eigenvalue weighted by Gasteiger charge is 2.10. The van der Waals surface area contributed by atoms with E-state index < -0.39 is 0 Å². The molecule has 0 aliphatic heterocycles. The fourth-order valence-corrected chi connectivity index (χ4v) is 4.24. The summed E-state index contributed by atoms with van der Waals surface area (Å²) in [5.41, 5.74) is 0. The number of rotatable bonds is 22. The number of hydrogen-bond acceptors (Lipinski definition) is 4. The van der Waals surface area contributed by atoms with Gasteiger partial charge in [-0.05, 0) is 50.4 Å². The van der Waals surface area contributed by atoms with Crippen LogP contribution >= 0.6 is 31.9 Å². The Bertz CT molecular complexity index is 406. The minimum Gasteiger partial charge on any atom is -0.465 e. The van der Waals surface area contributed by atoms with Gasteiger partial charge in [-0.25, -0.2) is 0 Å². The number of alkyl halides is 2. The number of carbonyl (C=O) groups excluding carboxylic acids is 2. The Kier molecular flexibility index (Phi) is 30.9. The summed E-state index contributed by atoms with van der Waals surface area (Å²) in [5, 5.41) is 2.05. The van der Waals surface area contributed by atoms with Crippen LogP contribution in [0, 0.1) is 11.8 Å². The molecular weight excluding hydrogens is 560 g/mol. The maximum Gasteiger partial charge on any atom is 0.305 e. The Hall–Kier alpha value is -0.100. The monoisotopic (exact) mass is 612 g/mol. The van der Waals surface area contributed by atoms with Crippen molar-refractivity contribution in [2.45, 2.75) is 130 Å². The highest BCUT2D eigenvalue weighted by atomic mass is 79.9. The summed E-state index contributed by atoms with van der Waals surface area (Å²) in [6.07, 6.45) is 17.1. The molecule has 0 amide bonds. The normalized spacial score (nSPS) is 12.4. The molecule has 0 heterocycles. The summed E-state index contributed by atoms with van der Waals surface area (Å²) in [6, 6.07) is 0. The van der Waals surface area contributed by atoms with E-state index in [0.717, 1.165) is 62.0 Å². The smallest absolute Gasteiger partial charge is 0.305 e. The number of unbranched alkanes of at least 4 members (excludes halogenated alkanes) is 6. The highest BCUT2D eigenvalue weighted by Crippen LogP contribution is 2.14. The summed E-state index contributed by atoms with van der Waals surface area (Å²) < 4.78 is 10.6. The zero-order valence-electron chi connectivity index (χ0n) is 22.7. The molecule has 0 saturated heterocycles. The maximum atomic E-state index is 11.5. The molecule has 34 heavy (non-hydrogen) atoms. The minimum atomic E-state index is -0.0190. The fraction of sp³-hybridized carbons (Fsp3) is 0.929. The average molecular weight is 615 g/mol. The number of halogens is 2. The van der Waals surface area contributed by atoms with Gasteiger partial charge in [-0.1, -0.05) is 111 Å². The highest BCUT2D eigenvalue weighted by molar-refractivity contribution is 9.09. The van der Waals surface area contributed by atoms with Crippen molar-refractivity contribution in [3.63, 3.8) is 0 Å². The molecule has 0 aliphatic rings. The van der Waals surface area contributed by atoms with E-state index >= 15 is 0 Å². The topological polar surface area (TPSA) is 52.6 Å². The van der Waals surface area contributed by atoms with E-state index in [2.05, 4.69) is 59.6 Å². The third kappa shape index (κ3) is 26.5. The third-order valence-corrected chi connectivity index (χ3v) is 7.20. The van der Waals surface area contributed by atoms with Gasteiger partial charge in [0, 0.05) is 23.5 Å². The molecule has 0 aromatic rings. The number of esters is 2.